The Morgan fingerprint density at radius 1 is 1.31 bits per heavy atom. The first-order chi connectivity index (χ1) is 12.5. The van der Waals surface area contributed by atoms with Crippen molar-refractivity contribution in [1.29, 1.82) is 5.41 Å². The predicted molar refractivity (Wildman–Crippen MR) is 94.0 cm³/mol. The van der Waals surface area contributed by atoms with Gasteiger partial charge in [-0.05, 0) is 30.7 Å². The van der Waals surface area contributed by atoms with E-state index in [1.165, 1.54) is 30.5 Å². The maximum atomic E-state index is 13.9. The molecular weight excluding hydrogens is 359 g/mol. The molecule has 1 atom stereocenters. The summed E-state index contributed by atoms with van der Waals surface area (Å²) >= 11 is 5.80. The van der Waals surface area contributed by atoms with Gasteiger partial charge in [-0.2, -0.15) is 0 Å². The molecule has 0 aliphatic carbocycles. The smallest absolute Gasteiger partial charge is 0.250 e. The molecule has 1 N–H and O–H groups in total. The van der Waals surface area contributed by atoms with E-state index in [1.807, 2.05) is 0 Å². The Morgan fingerprint density at radius 3 is 2.77 bits per heavy atom. The Balaban J connectivity index is 1.88. The molecule has 0 saturated carbocycles. The SMILES string of the molecule is CCC(C(=N)C(=O)c1ccnc(Cl)c1)c1nnc(-c2ccccc2F)o1. The molecule has 3 aromatic rings. The van der Waals surface area contributed by atoms with Crippen molar-refractivity contribution in [3.8, 4) is 11.5 Å². The van der Waals surface area contributed by atoms with Crippen molar-refractivity contribution in [1.82, 2.24) is 15.2 Å². The molecule has 0 amide bonds. The molecule has 6 nitrogen and oxygen atoms in total. The van der Waals surface area contributed by atoms with E-state index in [2.05, 4.69) is 15.2 Å². The average molecular weight is 373 g/mol. The molecule has 0 spiro atoms. The van der Waals surface area contributed by atoms with E-state index in [9.17, 15) is 9.18 Å². The Bertz CT molecular complexity index is 973. The van der Waals surface area contributed by atoms with Crippen molar-refractivity contribution in [3.63, 3.8) is 0 Å². The summed E-state index contributed by atoms with van der Waals surface area (Å²) in [6.07, 6.45) is 1.79. The van der Waals surface area contributed by atoms with Crippen LogP contribution in [0.3, 0.4) is 0 Å². The predicted octanol–water partition coefficient (Wildman–Crippen LogP) is 4.32. The highest BCUT2D eigenvalue weighted by atomic mass is 35.5. The topological polar surface area (TPSA) is 92.7 Å². The van der Waals surface area contributed by atoms with Crippen LogP contribution in [0.2, 0.25) is 5.15 Å². The Kier molecular flexibility index (Phi) is 5.18. The van der Waals surface area contributed by atoms with Gasteiger partial charge in [0.1, 0.15) is 11.0 Å². The Labute approximate surface area is 153 Å². The monoisotopic (exact) mass is 372 g/mol. The number of ketones is 1. The van der Waals surface area contributed by atoms with Crippen LogP contribution in [0.1, 0.15) is 35.5 Å². The van der Waals surface area contributed by atoms with Crippen molar-refractivity contribution in [3.05, 3.63) is 65.0 Å². The largest absolute Gasteiger partial charge is 0.420 e. The van der Waals surface area contributed by atoms with E-state index < -0.39 is 17.5 Å². The number of Topliss-reactive ketones (excluding diaryl/α,β-unsaturated/α-hetero) is 1. The number of aromatic nitrogens is 3. The first-order valence-electron chi connectivity index (χ1n) is 7.84. The number of hydrogen-bond acceptors (Lipinski definition) is 6. The van der Waals surface area contributed by atoms with Crippen LogP contribution in [0, 0.1) is 11.2 Å². The lowest BCUT2D eigenvalue weighted by Gasteiger charge is -2.11. The summed E-state index contributed by atoms with van der Waals surface area (Å²) < 4.78 is 19.4. The molecule has 2 heterocycles. The van der Waals surface area contributed by atoms with Crippen LogP contribution in [0.4, 0.5) is 4.39 Å². The van der Waals surface area contributed by atoms with Crippen molar-refractivity contribution in [2.45, 2.75) is 19.3 Å². The number of hydrogen-bond donors (Lipinski definition) is 1. The number of pyridine rings is 1. The van der Waals surface area contributed by atoms with Crippen LogP contribution in [0.25, 0.3) is 11.5 Å². The van der Waals surface area contributed by atoms with Crippen LogP contribution in [0.5, 0.6) is 0 Å². The summed E-state index contributed by atoms with van der Waals surface area (Å²) in [6, 6.07) is 8.88. The molecule has 0 fully saturated rings. The first-order valence-corrected chi connectivity index (χ1v) is 8.22. The second kappa shape index (κ2) is 7.53. The number of nitrogens with one attached hydrogen (secondary N) is 1. The van der Waals surface area contributed by atoms with Crippen LogP contribution < -0.4 is 0 Å². The zero-order valence-electron chi connectivity index (χ0n) is 13.7. The van der Waals surface area contributed by atoms with Gasteiger partial charge in [-0.15, -0.1) is 10.2 Å². The van der Waals surface area contributed by atoms with Gasteiger partial charge in [0.05, 0.1) is 17.2 Å². The van der Waals surface area contributed by atoms with E-state index in [-0.39, 0.29) is 33.8 Å². The van der Waals surface area contributed by atoms with Gasteiger partial charge in [-0.25, -0.2) is 9.37 Å². The second-order valence-corrected chi connectivity index (χ2v) is 5.88. The molecule has 0 bridgehead atoms. The lowest BCUT2D eigenvalue weighted by atomic mass is 9.94. The van der Waals surface area contributed by atoms with E-state index in [4.69, 9.17) is 21.4 Å². The fraction of sp³-hybridized carbons (Fsp3) is 0.167. The molecule has 1 aromatic carbocycles. The summed E-state index contributed by atoms with van der Waals surface area (Å²) in [5.41, 5.74) is 0.209. The van der Waals surface area contributed by atoms with E-state index in [0.29, 0.717) is 6.42 Å². The molecule has 2 aromatic heterocycles. The quantitative estimate of drug-likeness (QED) is 0.395. The summed E-state index contributed by atoms with van der Waals surface area (Å²) in [5.74, 6) is -1.62. The van der Waals surface area contributed by atoms with Crippen LogP contribution in [0.15, 0.2) is 47.0 Å². The minimum absolute atomic E-state index is 0.00348. The number of halogens is 2. The lowest BCUT2D eigenvalue weighted by molar-refractivity contribution is 0.106. The van der Waals surface area contributed by atoms with Crippen LogP contribution >= 0.6 is 11.6 Å². The third-order valence-electron chi connectivity index (χ3n) is 3.83. The number of rotatable bonds is 6. The van der Waals surface area contributed by atoms with Gasteiger partial charge in [0.15, 0.2) is 0 Å². The molecule has 0 aliphatic heterocycles. The van der Waals surface area contributed by atoms with E-state index in [0.717, 1.165) is 0 Å². The maximum Gasteiger partial charge on any atom is 0.250 e. The van der Waals surface area contributed by atoms with Crippen LogP contribution in [-0.4, -0.2) is 26.7 Å². The van der Waals surface area contributed by atoms with Crippen LogP contribution in [-0.2, 0) is 0 Å². The van der Waals surface area contributed by atoms with Crippen molar-refractivity contribution < 1.29 is 13.6 Å². The number of carbonyl (C=O) groups is 1. The normalized spacial score (nSPS) is 12.0. The first kappa shape index (κ1) is 17.9. The van der Waals surface area contributed by atoms with Crippen molar-refractivity contribution >= 4 is 23.1 Å². The average Bonchev–Trinajstić information content (AvgIpc) is 3.11. The summed E-state index contributed by atoms with van der Waals surface area (Å²) in [4.78, 5) is 16.4. The highest BCUT2D eigenvalue weighted by Crippen LogP contribution is 2.27. The van der Waals surface area contributed by atoms with E-state index >= 15 is 0 Å². The van der Waals surface area contributed by atoms with Crippen molar-refractivity contribution in [2.24, 2.45) is 0 Å². The molecule has 0 saturated heterocycles. The van der Waals surface area contributed by atoms with Gasteiger partial charge in [-0.1, -0.05) is 30.7 Å². The molecular formula is C18H14ClFN4O2. The third kappa shape index (κ3) is 3.52. The zero-order valence-corrected chi connectivity index (χ0v) is 14.5. The minimum Gasteiger partial charge on any atom is -0.420 e. The molecule has 3 rings (SSSR count). The second-order valence-electron chi connectivity index (χ2n) is 5.50. The summed E-state index contributed by atoms with van der Waals surface area (Å²) in [5, 5.41) is 16.2. The zero-order chi connectivity index (χ0) is 18.7. The number of carbonyl (C=O) groups excluding carboxylic acids is 1. The number of benzene rings is 1. The lowest BCUT2D eigenvalue weighted by Crippen LogP contribution is -2.21. The summed E-state index contributed by atoms with van der Waals surface area (Å²) in [6.45, 7) is 1.79. The maximum absolute atomic E-state index is 13.9. The van der Waals surface area contributed by atoms with Crippen molar-refractivity contribution in [2.75, 3.05) is 0 Å². The molecule has 1 unspecified atom stereocenters. The van der Waals surface area contributed by atoms with Gasteiger partial charge in [-0.3, -0.25) is 4.79 Å². The fourth-order valence-electron chi connectivity index (χ4n) is 2.48. The third-order valence-corrected chi connectivity index (χ3v) is 4.04. The molecule has 26 heavy (non-hydrogen) atoms. The number of nitrogens with zero attached hydrogens (tertiary/aromatic N) is 3. The minimum atomic E-state index is -0.706. The highest BCUT2D eigenvalue weighted by molar-refractivity contribution is 6.46. The van der Waals surface area contributed by atoms with Gasteiger partial charge in [0, 0.05) is 11.8 Å². The fourth-order valence-corrected chi connectivity index (χ4v) is 2.65. The molecule has 8 heteroatoms. The standard InChI is InChI=1S/C18H14ClFN4O2/c1-2-11(15(21)16(25)10-7-8-22-14(19)9-10)17-23-24-18(26-17)12-5-3-4-6-13(12)20/h3-9,11,21H,2H2,1H3. The molecule has 0 aliphatic rings. The highest BCUT2D eigenvalue weighted by Gasteiger charge is 2.28. The van der Waals surface area contributed by atoms with Gasteiger partial charge < -0.3 is 9.83 Å². The molecule has 0 radical (unpaired) electrons. The van der Waals surface area contributed by atoms with Gasteiger partial charge in [0.25, 0.3) is 5.89 Å². The Morgan fingerprint density at radius 2 is 2.08 bits per heavy atom. The van der Waals surface area contributed by atoms with E-state index in [1.54, 1.807) is 19.1 Å². The summed E-state index contributed by atoms with van der Waals surface area (Å²) in [7, 11) is 0. The van der Waals surface area contributed by atoms with Gasteiger partial charge in [0.2, 0.25) is 11.7 Å². The molecule has 132 valence electrons. The Hall–Kier alpha value is -2.93. The van der Waals surface area contributed by atoms with Gasteiger partial charge >= 0.3 is 0 Å².